The zero-order chi connectivity index (χ0) is 16.4. The van der Waals surface area contributed by atoms with Crippen LogP contribution in [0.3, 0.4) is 0 Å². The van der Waals surface area contributed by atoms with E-state index in [1.165, 1.54) is 0 Å². The van der Waals surface area contributed by atoms with Crippen LogP contribution in [0.25, 0.3) is 0 Å². The highest BCUT2D eigenvalue weighted by Gasteiger charge is 2.47. The van der Waals surface area contributed by atoms with Gasteiger partial charge in [-0.2, -0.15) is 0 Å². The molecule has 0 heterocycles. The zero-order valence-electron chi connectivity index (χ0n) is 14.9. The van der Waals surface area contributed by atoms with Gasteiger partial charge in [-0.25, -0.2) is 0 Å². The summed E-state index contributed by atoms with van der Waals surface area (Å²) in [7, 11) is -3.32. The predicted octanol–water partition coefficient (Wildman–Crippen LogP) is 4.42. The van der Waals surface area contributed by atoms with Crippen molar-refractivity contribution in [2.24, 2.45) is 0 Å². The molecule has 0 bridgehead atoms. The summed E-state index contributed by atoms with van der Waals surface area (Å²) in [5.74, 6) is 0. The lowest BCUT2D eigenvalue weighted by molar-refractivity contribution is 1.42. The molecule has 22 heavy (non-hydrogen) atoms. The molecule has 0 amide bonds. The van der Waals surface area contributed by atoms with Crippen LogP contribution in [-0.2, 0) is 0 Å². The van der Waals surface area contributed by atoms with Crippen LogP contribution in [0, 0.1) is 0 Å². The van der Waals surface area contributed by atoms with Crippen LogP contribution in [0.4, 0.5) is 0 Å². The lowest BCUT2D eigenvalue weighted by atomic mass is 10.4. The van der Waals surface area contributed by atoms with Crippen molar-refractivity contribution in [2.75, 3.05) is 0 Å². The van der Waals surface area contributed by atoms with Gasteiger partial charge < -0.3 is 0 Å². The Labute approximate surface area is 140 Å². The highest BCUT2D eigenvalue weighted by molar-refractivity contribution is 7.16. The molecule has 0 unspecified atom stereocenters. The summed E-state index contributed by atoms with van der Waals surface area (Å²) in [6.45, 7) is 15.5. The lowest BCUT2D eigenvalue weighted by Gasteiger charge is -2.45. The van der Waals surface area contributed by atoms with E-state index in [0.717, 1.165) is 4.79 Å². The van der Waals surface area contributed by atoms with E-state index in [9.17, 15) is 0 Å². The Morgan fingerprint density at radius 2 is 0.955 bits per heavy atom. The van der Waals surface area contributed by atoms with Crippen molar-refractivity contribution in [1.29, 1.82) is 0 Å². The van der Waals surface area contributed by atoms with Gasteiger partial charge in [0.25, 0.3) is 0 Å². The van der Waals surface area contributed by atoms with Crippen molar-refractivity contribution >= 4 is 35.3 Å². The third-order valence-corrected chi connectivity index (χ3v) is 24.9. The molecule has 0 aliphatic carbocycles. The minimum absolute atomic E-state index is 0.358. The summed E-state index contributed by atoms with van der Waals surface area (Å²) < 4.78 is 0. The quantitative estimate of drug-likeness (QED) is 0.706. The first-order valence-electron chi connectivity index (χ1n) is 8.19. The predicted molar refractivity (Wildman–Crippen MR) is 108 cm³/mol. The summed E-state index contributed by atoms with van der Waals surface area (Å²) in [5, 5.41) is 3.26. The molecule has 0 nitrogen and oxygen atoms in total. The van der Waals surface area contributed by atoms with Crippen LogP contribution < -0.4 is 10.4 Å². The summed E-state index contributed by atoms with van der Waals surface area (Å²) in [6, 6.07) is 22.7. The van der Waals surface area contributed by atoms with Crippen LogP contribution in [-0.4, -0.2) is 24.9 Å². The third-order valence-electron chi connectivity index (χ3n) is 5.06. The Kier molecular flexibility index (Phi) is 5.30. The molecule has 2 aromatic rings. The van der Waals surface area contributed by atoms with Crippen LogP contribution in [0.15, 0.2) is 60.7 Å². The molecule has 117 valence electrons. The van der Waals surface area contributed by atoms with Crippen LogP contribution in [0.5, 0.6) is 0 Å². The first-order chi connectivity index (χ1) is 10.3. The first kappa shape index (κ1) is 17.4. The molecule has 2 rings (SSSR count). The van der Waals surface area contributed by atoms with E-state index in [2.05, 4.69) is 99.9 Å². The second-order valence-corrected chi connectivity index (χ2v) is 21.3. The SMILES string of the molecule is C[Si](C)C([Si](C)(C)c1ccccc1)[Si](C)(C)c1ccccc1. The maximum absolute atomic E-state index is 2.60. The van der Waals surface area contributed by atoms with Crippen molar-refractivity contribution < 1.29 is 0 Å². The molecule has 0 atom stereocenters. The summed E-state index contributed by atoms with van der Waals surface area (Å²) in [5.41, 5.74) is 0. The van der Waals surface area contributed by atoms with Gasteiger partial charge in [0.1, 0.15) is 0 Å². The van der Waals surface area contributed by atoms with E-state index < -0.39 is 16.1 Å². The van der Waals surface area contributed by atoms with Crippen LogP contribution in [0.2, 0.25) is 44.1 Å². The van der Waals surface area contributed by atoms with Gasteiger partial charge in [0, 0.05) is 8.80 Å². The van der Waals surface area contributed by atoms with Crippen molar-refractivity contribution in [2.45, 2.75) is 44.1 Å². The van der Waals surface area contributed by atoms with Gasteiger partial charge in [-0.3, -0.25) is 0 Å². The topological polar surface area (TPSA) is 0 Å². The maximum Gasteiger partial charge on any atom is 0.0786 e. The molecular weight excluding hydrogens is 312 g/mol. The van der Waals surface area contributed by atoms with Crippen molar-refractivity contribution in [3.63, 3.8) is 0 Å². The fourth-order valence-corrected chi connectivity index (χ4v) is 27.9. The Hall–Kier alpha value is -0.909. The fourth-order valence-electron chi connectivity index (χ4n) is 4.41. The summed E-state index contributed by atoms with van der Waals surface area (Å²) in [4.78, 5) is 0.926. The van der Waals surface area contributed by atoms with Crippen LogP contribution in [0.1, 0.15) is 0 Å². The van der Waals surface area contributed by atoms with E-state index in [0.29, 0.717) is 0 Å². The second kappa shape index (κ2) is 6.69. The van der Waals surface area contributed by atoms with Gasteiger partial charge in [-0.05, 0) is 4.79 Å². The van der Waals surface area contributed by atoms with E-state index >= 15 is 0 Å². The lowest BCUT2D eigenvalue weighted by Crippen LogP contribution is -2.63. The summed E-state index contributed by atoms with van der Waals surface area (Å²) >= 11 is 0. The van der Waals surface area contributed by atoms with Crippen molar-refractivity contribution in [3.05, 3.63) is 60.7 Å². The molecule has 3 heteroatoms. The molecule has 0 aromatic heterocycles. The molecule has 0 fully saturated rings. The number of benzene rings is 2. The molecule has 0 N–H and O–H groups in total. The largest absolute Gasteiger partial charge is 0.0786 e. The average molecular weight is 342 g/mol. The van der Waals surface area contributed by atoms with E-state index in [1.807, 2.05) is 0 Å². The molecular formula is C19H29Si3. The van der Waals surface area contributed by atoms with Crippen LogP contribution >= 0.6 is 0 Å². The molecule has 0 saturated heterocycles. The molecule has 0 aliphatic rings. The van der Waals surface area contributed by atoms with Gasteiger partial charge in [-0.1, -0.05) is 110 Å². The Bertz CT molecular complexity index is 537. The fraction of sp³-hybridized carbons (Fsp3) is 0.368. The first-order valence-corrected chi connectivity index (χ1v) is 16.9. The minimum Gasteiger partial charge on any atom is -0.0715 e. The highest BCUT2D eigenvalue weighted by atomic mass is 28.4. The average Bonchev–Trinajstić information content (AvgIpc) is 2.48. The van der Waals surface area contributed by atoms with Gasteiger partial charge >= 0.3 is 0 Å². The molecule has 0 aliphatic heterocycles. The molecule has 1 radical (unpaired) electrons. The summed E-state index contributed by atoms with van der Waals surface area (Å²) in [6.07, 6.45) is 0. The number of rotatable bonds is 5. The molecule has 0 spiro atoms. The van der Waals surface area contributed by atoms with Gasteiger partial charge in [0.15, 0.2) is 0 Å². The molecule has 2 aromatic carbocycles. The standard InChI is InChI=1S/C19H29Si3/c1-20(2)19(21(3,4)17-13-9-7-10-14-17)22(5,6)18-15-11-8-12-16-18/h7-16,19H,1-6H3. The van der Waals surface area contributed by atoms with Gasteiger partial charge in [-0.15, -0.1) is 0 Å². The second-order valence-electron chi connectivity index (χ2n) is 7.69. The number of hydrogen-bond acceptors (Lipinski definition) is 0. The maximum atomic E-state index is 2.60. The van der Waals surface area contributed by atoms with E-state index in [-0.39, 0.29) is 8.80 Å². The third kappa shape index (κ3) is 3.36. The Morgan fingerprint density at radius 3 is 1.23 bits per heavy atom. The monoisotopic (exact) mass is 341 g/mol. The van der Waals surface area contributed by atoms with E-state index in [1.54, 1.807) is 10.4 Å². The highest BCUT2D eigenvalue weighted by Crippen LogP contribution is 2.34. The normalized spacial score (nSPS) is 12.9. The molecule has 0 saturated carbocycles. The van der Waals surface area contributed by atoms with Gasteiger partial charge in [0.2, 0.25) is 0 Å². The number of hydrogen-bond donors (Lipinski definition) is 0. The van der Waals surface area contributed by atoms with Crippen molar-refractivity contribution in [1.82, 2.24) is 0 Å². The minimum atomic E-state index is -1.48. The Balaban J connectivity index is 2.51. The Morgan fingerprint density at radius 1 is 0.636 bits per heavy atom. The zero-order valence-corrected chi connectivity index (χ0v) is 17.9. The van der Waals surface area contributed by atoms with Gasteiger partial charge in [0.05, 0.1) is 16.1 Å². The van der Waals surface area contributed by atoms with E-state index in [4.69, 9.17) is 0 Å². The van der Waals surface area contributed by atoms with Crippen molar-refractivity contribution in [3.8, 4) is 0 Å². The smallest absolute Gasteiger partial charge is 0.0715 e.